The molecule has 0 aliphatic carbocycles. The molecule has 1 N–H and O–H groups in total. The van der Waals surface area contributed by atoms with Gasteiger partial charge in [0.25, 0.3) is 0 Å². The van der Waals surface area contributed by atoms with Gasteiger partial charge in [0.05, 0.1) is 22.8 Å². The van der Waals surface area contributed by atoms with Crippen LogP contribution in [0.5, 0.6) is 0 Å². The number of aromatic nitrogens is 3. The van der Waals surface area contributed by atoms with Gasteiger partial charge in [-0.2, -0.15) is 0 Å². The molecule has 0 saturated heterocycles. The zero-order valence-electron chi connectivity index (χ0n) is 13.4. The molecule has 0 aliphatic heterocycles. The monoisotopic (exact) mass is 308 g/mol. The standard InChI is InChI=1S/C18H20N4O/c1-13(14-7-5-6-12-19-14)20-18(23)11-10-17-21-15-8-3-4-9-16(15)22(17)2/h3-9,12-13H,10-11H2,1-2H3,(H,20,23)/t13-/m1/s1. The topological polar surface area (TPSA) is 59.8 Å². The first-order valence-corrected chi connectivity index (χ1v) is 7.76. The number of hydrogen-bond acceptors (Lipinski definition) is 3. The highest BCUT2D eigenvalue weighted by molar-refractivity contribution is 5.78. The molecule has 3 rings (SSSR count). The molecule has 3 aromatic rings. The van der Waals surface area contributed by atoms with Crippen molar-refractivity contribution in [2.75, 3.05) is 0 Å². The average Bonchev–Trinajstić information content (AvgIpc) is 2.90. The first kappa shape index (κ1) is 15.2. The van der Waals surface area contributed by atoms with E-state index in [1.807, 2.05) is 61.0 Å². The van der Waals surface area contributed by atoms with Crippen LogP contribution >= 0.6 is 0 Å². The Labute approximate surface area is 135 Å². The van der Waals surface area contributed by atoms with Crippen molar-refractivity contribution in [2.24, 2.45) is 7.05 Å². The molecule has 0 saturated carbocycles. The third kappa shape index (κ3) is 3.39. The number of amides is 1. The maximum atomic E-state index is 12.2. The molecule has 2 heterocycles. The molecule has 0 bridgehead atoms. The predicted molar refractivity (Wildman–Crippen MR) is 89.8 cm³/mol. The molecule has 0 fully saturated rings. The molecular formula is C18H20N4O. The molecule has 0 unspecified atom stereocenters. The van der Waals surface area contributed by atoms with Crippen molar-refractivity contribution in [3.05, 3.63) is 60.2 Å². The number of carbonyl (C=O) groups is 1. The van der Waals surface area contributed by atoms with Crippen LogP contribution in [0, 0.1) is 0 Å². The summed E-state index contributed by atoms with van der Waals surface area (Å²) in [5, 5.41) is 2.98. The van der Waals surface area contributed by atoms with Gasteiger partial charge < -0.3 is 9.88 Å². The number of imidazole rings is 1. The van der Waals surface area contributed by atoms with E-state index in [2.05, 4.69) is 15.3 Å². The second kappa shape index (κ2) is 6.60. The van der Waals surface area contributed by atoms with Crippen molar-refractivity contribution in [3.63, 3.8) is 0 Å². The van der Waals surface area contributed by atoms with Crippen molar-refractivity contribution < 1.29 is 4.79 Å². The Balaban J connectivity index is 1.61. The van der Waals surface area contributed by atoms with Gasteiger partial charge in [0.2, 0.25) is 5.91 Å². The summed E-state index contributed by atoms with van der Waals surface area (Å²) < 4.78 is 2.05. The minimum atomic E-state index is -0.0934. The van der Waals surface area contributed by atoms with Crippen LogP contribution in [-0.4, -0.2) is 20.4 Å². The summed E-state index contributed by atoms with van der Waals surface area (Å²) in [7, 11) is 1.99. The third-order valence-corrected chi connectivity index (χ3v) is 3.96. The molecule has 1 atom stereocenters. The summed E-state index contributed by atoms with van der Waals surface area (Å²) in [6.45, 7) is 1.94. The summed E-state index contributed by atoms with van der Waals surface area (Å²) in [4.78, 5) is 21.0. The maximum absolute atomic E-state index is 12.2. The van der Waals surface area contributed by atoms with Crippen LogP contribution in [0.4, 0.5) is 0 Å². The van der Waals surface area contributed by atoms with Crippen molar-refractivity contribution in [3.8, 4) is 0 Å². The van der Waals surface area contributed by atoms with E-state index in [1.54, 1.807) is 6.20 Å². The van der Waals surface area contributed by atoms with Gasteiger partial charge in [0, 0.05) is 26.1 Å². The number of carbonyl (C=O) groups excluding carboxylic acids is 1. The molecule has 0 radical (unpaired) electrons. The van der Waals surface area contributed by atoms with Crippen LogP contribution in [0.1, 0.15) is 30.9 Å². The molecule has 5 nitrogen and oxygen atoms in total. The largest absolute Gasteiger partial charge is 0.348 e. The maximum Gasteiger partial charge on any atom is 0.220 e. The fraction of sp³-hybridized carbons (Fsp3) is 0.278. The van der Waals surface area contributed by atoms with E-state index in [1.165, 1.54) is 0 Å². The lowest BCUT2D eigenvalue weighted by atomic mass is 10.2. The van der Waals surface area contributed by atoms with Crippen molar-refractivity contribution in [2.45, 2.75) is 25.8 Å². The number of pyridine rings is 1. The van der Waals surface area contributed by atoms with E-state index < -0.39 is 0 Å². The Kier molecular flexibility index (Phi) is 4.37. The molecule has 0 spiro atoms. The van der Waals surface area contributed by atoms with Gasteiger partial charge in [0.15, 0.2) is 0 Å². The fourth-order valence-electron chi connectivity index (χ4n) is 2.66. The van der Waals surface area contributed by atoms with Crippen molar-refractivity contribution in [1.82, 2.24) is 19.9 Å². The smallest absolute Gasteiger partial charge is 0.220 e. The van der Waals surface area contributed by atoms with E-state index in [0.29, 0.717) is 12.8 Å². The van der Waals surface area contributed by atoms with E-state index in [-0.39, 0.29) is 11.9 Å². The normalized spacial score (nSPS) is 12.3. The van der Waals surface area contributed by atoms with Crippen LogP contribution in [-0.2, 0) is 18.3 Å². The number of fused-ring (bicyclic) bond motifs is 1. The number of nitrogens with zero attached hydrogens (tertiary/aromatic N) is 3. The van der Waals surface area contributed by atoms with E-state index >= 15 is 0 Å². The van der Waals surface area contributed by atoms with Crippen LogP contribution in [0.3, 0.4) is 0 Å². The summed E-state index contributed by atoms with van der Waals surface area (Å²) >= 11 is 0. The molecule has 0 aliphatic rings. The summed E-state index contributed by atoms with van der Waals surface area (Å²) in [5.41, 5.74) is 2.92. The zero-order chi connectivity index (χ0) is 16.2. The van der Waals surface area contributed by atoms with E-state index in [0.717, 1.165) is 22.6 Å². The predicted octanol–water partition coefficient (Wildman–Crippen LogP) is 2.78. The second-order valence-corrected chi connectivity index (χ2v) is 5.62. The molecule has 118 valence electrons. The van der Waals surface area contributed by atoms with Gasteiger partial charge in [-0.05, 0) is 31.2 Å². The van der Waals surface area contributed by atoms with Gasteiger partial charge in [-0.1, -0.05) is 18.2 Å². The number of hydrogen-bond donors (Lipinski definition) is 1. The minimum Gasteiger partial charge on any atom is -0.348 e. The highest BCUT2D eigenvalue weighted by Gasteiger charge is 2.12. The molecule has 1 amide bonds. The highest BCUT2D eigenvalue weighted by Crippen LogP contribution is 2.15. The third-order valence-electron chi connectivity index (χ3n) is 3.96. The first-order valence-electron chi connectivity index (χ1n) is 7.76. The van der Waals surface area contributed by atoms with Crippen LogP contribution in [0.25, 0.3) is 11.0 Å². The number of nitrogens with one attached hydrogen (secondary N) is 1. The SMILES string of the molecule is C[C@@H](NC(=O)CCc1nc2ccccc2n1C)c1ccccn1. The quantitative estimate of drug-likeness (QED) is 0.788. The molecule has 5 heteroatoms. The Morgan fingerprint density at radius 2 is 2.00 bits per heavy atom. The van der Waals surface area contributed by atoms with Crippen LogP contribution < -0.4 is 5.32 Å². The number of rotatable bonds is 5. The second-order valence-electron chi connectivity index (χ2n) is 5.62. The lowest BCUT2D eigenvalue weighted by molar-refractivity contribution is -0.121. The van der Waals surface area contributed by atoms with Gasteiger partial charge in [0.1, 0.15) is 5.82 Å². The molecule has 23 heavy (non-hydrogen) atoms. The summed E-state index contributed by atoms with van der Waals surface area (Å²) in [6, 6.07) is 13.6. The minimum absolute atomic E-state index is 0.00945. The summed E-state index contributed by atoms with van der Waals surface area (Å²) in [6.07, 6.45) is 2.76. The van der Waals surface area contributed by atoms with Gasteiger partial charge >= 0.3 is 0 Å². The lowest BCUT2D eigenvalue weighted by Gasteiger charge is -2.13. The highest BCUT2D eigenvalue weighted by atomic mass is 16.1. The fourth-order valence-corrected chi connectivity index (χ4v) is 2.66. The summed E-state index contributed by atoms with van der Waals surface area (Å²) in [5.74, 6) is 0.932. The van der Waals surface area contributed by atoms with Gasteiger partial charge in [-0.15, -0.1) is 0 Å². The van der Waals surface area contributed by atoms with Gasteiger partial charge in [-0.25, -0.2) is 4.98 Å². The van der Waals surface area contributed by atoms with Crippen LogP contribution in [0.2, 0.25) is 0 Å². The molecule has 1 aromatic carbocycles. The Morgan fingerprint density at radius 3 is 2.74 bits per heavy atom. The van der Waals surface area contributed by atoms with E-state index in [9.17, 15) is 4.79 Å². The van der Waals surface area contributed by atoms with Crippen molar-refractivity contribution >= 4 is 16.9 Å². The van der Waals surface area contributed by atoms with Crippen LogP contribution in [0.15, 0.2) is 48.7 Å². The Hall–Kier alpha value is -2.69. The Bertz CT molecular complexity index is 810. The number of benzene rings is 1. The molecule has 2 aromatic heterocycles. The zero-order valence-corrected chi connectivity index (χ0v) is 13.4. The Morgan fingerprint density at radius 1 is 1.22 bits per heavy atom. The molecular weight excluding hydrogens is 288 g/mol. The van der Waals surface area contributed by atoms with E-state index in [4.69, 9.17) is 0 Å². The lowest BCUT2D eigenvalue weighted by Crippen LogP contribution is -2.27. The first-order chi connectivity index (χ1) is 11.1. The average molecular weight is 308 g/mol. The van der Waals surface area contributed by atoms with Gasteiger partial charge in [-0.3, -0.25) is 9.78 Å². The number of aryl methyl sites for hydroxylation is 2. The number of para-hydroxylation sites is 2. The van der Waals surface area contributed by atoms with Crippen molar-refractivity contribution in [1.29, 1.82) is 0 Å².